The number of aliphatic hydroxyl groups excluding tert-OH is 1. The summed E-state index contributed by atoms with van der Waals surface area (Å²) < 4.78 is 29.7. The van der Waals surface area contributed by atoms with Crippen molar-refractivity contribution in [3.8, 4) is 0 Å². The smallest absolute Gasteiger partial charge is 0.308 e. The van der Waals surface area contributed by atoms with Crippen LogP contribution in [0.15, 0.2) is 60.7 Å². The molecular weight excluding hydrogens is 500 g/mol. The molecule has 0 unspecified atom stereocenters. The van der Waals surface area contributed by atoms with Gasteiger partial charge in [0.15, 0.2) is 5.79 Å². The Hall–Kier alpha value is -2.07. The van der Waals surface area contributed by atoms with Gasteiger partial charge in [-0.25, -0.2) is 0 Å². The topological polar surface area (TPSA) is 83.5 Å². The summed E-state index contributed by atoms with van der Waals surface area (Å²) in [6, 6.07) is 21.0. The maximum absolute atomic E-state index is 12.1. The molecule has 8 heteroatoms. The van der Waals surface area contributed by atoms with E-state index in [2.05, 4.69) is 69.3 Å². The molecule has 0 radical (unpaired) electrons. The van der Waals surface area contributed by atoms with Gasteiger partial charge in [0.05, 0.1) is 39.0 Å². The second kappa shape index (κ2) is 13.3. The third-order valence-corrected chi connectivity index (χ3v) is 12.1. The number of methoxy groups -OCH3 is 1. The predicted molar refractivity (Wildman–Crippen MR) is 150 cm³/mol. The first-order valence-electron chi connectivity index (χ1n) is 13.4. The summed E-state index contributed by atoms with van der Waals surface area (Å²) in [6.07, 6.45) is -0.196. The highest BCUT2D eigenvalue weighted by Crippen LogP contribution is 2.37. The molecule has 2 aromatic rings. The Morgan fingerprint density at radius 3 is 2.11 bits per heavy atom. The molecule has 0 saturated carbocycles. The van der Waals surface area contributed by atoms with Crippen molar-refractivity contribution in [2.24, 2.45) is 0 Å². The molecule has 1 N–H and O–H groups in total. The number of hydrogen-bond acceptors (Lipinski definition) is 7. The van der Waals surface area contributed by atoms with Crippen LogP contribution in [0.1, 0.15) is 53.9 Å². The van der Waals surface area contributed by atoms with Gasteiger partial charge in [0.25, 0.3) is 8.32 Å². The number of aliphatic hydroxyl groups is 1. The summed E-state index contributed by atoms with van der Waals surface area (Å²) in [5.74, 6) is -1.14. The Labute approximate surface area is 228 Å². The average Bonchev–Trinajstić information content (AvgIpc) is 3.27. The van der Waals surface area contributed by atoms with Crippen molar-refractivity contribution in [1.29, 1.82) is 0 Å². The SMILES string of the molecule is COC(=O)C[C@H](O[C@H](CO)CCCO[Si](c1ccccc1)(c1ccccc1)C(C)(C)C)[C@H]1COC(C)(C)O1. The first-order chi connectivity index (χ1) is 18.0. The van der Waals surface area contributed by atoms with Crippen LogP contribution in [0.25, 0.3) is 0 Å². The molecule has 210 valence electrons. The molecule has 0 spiro atoms. The molecular formula is C30H44O7Si. The first-order valence-corrected chi connectivity index (χ1v) is 15.3. The lowest BCUT2D eigenvalue weighted by Gasteiger charge is -2.43. The van der Waals surface area contributed by atoms with E-state index in [1.54, 1.807) is 0 Å². The van der Waals surface area contributed by atoms with Gasteiger partial charge in [0, 0.05) is 6.61 Å². The minimum Gasteiger partial charge on any atom is -0.469 e. The molecule has 0 aliphatic carbocycles. The lowest BCUT2D eigenvalue weighted by Crippen LogP contribution is -2.66. The molecule has 1 aliphatic heterocycles. The highest BCUT2D eigenvalue weighted by Gasteiger charge is 2.50. The lowest BCUT2D eigenvalue weighted by atomic mass is 10.1. The van der Waals surface area contributed by atoms with Crippen LogP contribution < -0.4 is 10.4 Å². The fourth-order valence-corrected chi connectivity index (χ4v) is 9.77. The Balaban J connectivity index is 1.72. The molecule has 3 atom stereocenters. The quantitative estimate of drug-likeness (QED) is 0.233. The molecule has 1 heterocycles. The summed E-state index contributed by atoms with van der Waals surface area (Å²) >= 11 is 0. The lowest BCUT2D eigenvalue weighted by molar-refractivity contribution is -0.173. The van der Waals surface area contributed by atoms with E-state index in [-0.39, 0.29) is 18.1 Å². The third-order valence-electron chi connectivity index (χ3n) is 7.02. The van der Waals surface area contributed by atoms with Crippen molar-refractivity contribution in [1.82, 2.24) is 0 Å². The van der Waals surface area contributed by atoms with Crippen molar-refractivity contribution in [3.05, 3.63) is 60.7 Å². The van der Waals surface area contributed by atoms with E-state index in [0.717, 1.165) is 0 Å². The monoisotopic (exact) mass is 544 g/mol. The molecule has 0 aromatic heterocycles. The van der Waals surface area contributed by atoms with E-state index >= 15 is 0 Å². The summed E-state index contributed by atoms with van der Waals surface area (Å²) in [5.41, 5.74) is 0. The Morgan fingerprint density at radius 2 is 1.66 bits per heavy atom. The summed E-state index contributed by atoms with van der Waals surface area (Å²) in [7, 11) is -1.28. The van der Waals surface area contributed by atoms with Crippen LogP contribution in [0.4, 0.5) is 0 Å². The van der Waals surface area contributed by atoms with Crippen LogP contribution in [0.3, 0.4) is 0 Å². The summed E-state index contributed by atoms with van der Waals surface area (Å²) in [4.78, 5) is 12.1. The second-order valence-corrected chi connectivity index (χ2v) is 15.6. The van der Waals surface area contributed by atoms with Crippen molar-refractivity contribution in [2.45, 2.75) is 83.0 Å². The normalized spacial score (nSPS) is 19.2. The first kappa shape index (κ1) is 30.5. The van der Waals surface area contributed by atoms with Crippen molar-refractivity contribution >= 4 is 24.7 Å². The number of ether oxygens (including phenoxy) is 4. The van der Waals surface area contributed by atoms with Crippen LogP contribution in [0.5, 0.6) is 0 Å². The number of carbonyl (C=O) groups is 1. The van der Waals surface area contributed by atoms with Gasteiger partial charge in [-0.05, 0) is 42.1 Å². The summed E-state index contributed by atoms with van der Waals surface area (Å²) in [5, 5.41) is 12.5. The molecule has 7 nitrogen and oxygen atoms in total. The van der Waals surface area contributed by atoms with E-state index in [9.17, 15) is 9.90 Å². The zero-order chi connectivity index (χ0) is 27.8. The number of carbonyl (C=O) groups excluding carboxylic acids is 1. The second-order valence-electron chi connectivity index (χ2n) is 11.3. The number of hydrogen-bond donors (Lipinski definition) is 1. The molecule has 0 amide bonds. The fourth-order valence-electron chi connectivity index (χ4n) is 5.16. The number of esters is 1. The van der Waals surface area contributed by atoms with E-state index in [0.29, 0.717) is 26.1 Å². The molecule has 3 rings (SSSR count). The molecule has 1 aliphatic rings. The van der Waals surface area contributed by atoms with Crippen LogP contribution in [-0.4, -0.2) is 70.4 Å². The van der Waals surface area contributed by atoms with Gasteiger partial charge < -0.3 is 28.5 Å². The van der Waals surface area contributed by atoms with Crippen molar-refractivity contribution in [2.75, 3.05) is 26.9 Å². The van der Waals surface area contributed by atoms with Crippen molar-refractivity contribution < 1.29 is 33.3 Å². The fraction of sp³-hybridized carbons (Fsp3) is 0.567. The molecule has 0 bridgehead atoms. The zero-order valence-corrected chi connectivity index (χ0v) is 24.6. The van der Waals surface area contributed by atoms with E-state index in [1.165, 1.54) is 17.5 Å². The third kappa shape index (κ3) is 7.52. The Morgan fingerprint density at radius 1 is 1.08 bits per heavy atom. The van der Waals surface area contributed by atoms with Crippen LogP contribution in [0, 0.1) is 0 Å². The van der Waals surface area contributed by atoms with Gasteiger partial charge >= 0.3 is 5.97 Å². The molecule has 2 aromatic carbocycles. The summed E-state index contributed by atoms with van der Waals surface area (Å²) in [6.45, 7) is 11.1. The number of benzene rings is 2. The van der Waals surface area contributed by atoms with Crippen molar-refractivity contribution in [3.63, 3.8) is 0 Å². The Bertz CT molecular complexity index is 951. The van der Waals surface area contributed by atoms with Gasteiger partial charge in [-0.1, -0.05) is 81.4 Å². The minimum absolute atomic E-state index is 0.0235. The van der Waals surface area contributed by atoms with E-state index in [1.807, 2.05) is 26.0 Å². The maximum Gasteiger partial charge on any atom is 0.308 e. The van der Waals surface area contributed by atoms with Gasteiger partial charge in [0.2, 0.25) is 0 Å². The minimum atomic E-state index is -2.63. The van der Waals surface area contributed by atoms with Crippen LogP contribution in [-0.2, 0) is 28.2 Å². The highest BCUT2D eigenvalue weighted by molar-refractivity contribution is 6.99. The Kier molecular flexibility index (Phi) is 10.7. The largest absolute Gasteiger partial charge is 0.469 e. The number of rotatable bonds is 13. The van der Waals surface area contributed by atoms with Gasteiger partial charge in [-0.3, -0.25) is 4.79 Å². The predicted octanol–water partition coefficient (Wildman–Crippen LogP) is 3.80. The maximum atomic E-state index is 12.1. The standard InChI is InChI=1S/C30H44O7Si/c1-29(2,3)38(24-15-9-7-10-16-24,25-17-11-8-12-18-25)35-19-13-14-23(21-31)36-26(20-28(32)33-6)27-22-34-30(4,5)37-27/h7-12,15-18,23,26-27,31H,13-14,19-22H2,1-6H3/t23-,26-,27+/m0/s1. The molecule has 38 heavy (non-hydrogen) atoms. The van der Waals surface area contributed by atoms with Gasteiger partial charge in [-0.15, -0.1) is 0 Å². The van der Waals surface area contributed by atoms with Gasteiger partial charge in [0.1, 0.15) is 6.10 Å². The average molecular weight is 545 g/mol. The molecule has 1 fully saturated rings. The zero-order valence-electron chi connectivity index (χ0n) is 23.6. The van der Waals surface area contributed by atoms with Gasteiger partial charge in [-0.2, -0.15) is 0 Å². The highest BCUT2D eigenvalue weighted by atomic mass is 28.4. The molecule has 1 saturated heterocycles. The van der Waals surface area contributed by atoms with E-state index in [4.69, 9.17) is 23.4 Å². The van der Waals surface area contributed by atoms with Crippen LogP contribution in [0.2, 0.25) is 5.04 Å². The van der Waals surface area contributed by atoms with Crippen LogP contribution >= 0.6 is 0 Å². The van der Waals surface area contributed by atoms with E-state index < -0.39 is 38.4 Å².